The zero-order valence-electron chi connectivity index (χ0n) is 10.0. The molecule has 104 valence electrons. The Hall–Kier alpha value is -2.18. The van der Waals surface area contributed by atoms with Gasteiger partial charge in [0.25, 0.3) is 5.69 Å². The van der Waals surface area contributed by atoms with Crippen LogP contribution in [0.25, 0.3) is 0 Å². The number of aliphatic hydroxyl groups is 1. The molecule has 2 aromatic carbocycles. The van der Waals surface area contributed by atoms with Crippen molar-refractivity contribution >= 4 is 17.3 Å². The molecule has 7 heteroatoms. The number of halogens is 2. The number of nitro groups is 1. The number of ether oxygens (including phenoxy) is 1. The minimum Gasteiger partial charge on any atom is -0.453 e. The van der Waals surface area contributed by atoms with E-state index < -0.39 is 10.7 Å². The molecule has 1 N–H and O–H groups in total. The first-order valence-electron chi connectivity index (χ1n) is 5.52. The van der Waals surface area contributed by atoms with E-state index >= 15 is 0 Å². The number of rotatable bonds is 4. The molecule has 0 unspecified atom stereocenters. The summed E-state index contributed by atoms with van der Waals surface area (Å²) < 4.78 is 18.9. The normalized spacial score (nSPS) is 10.3. The highest BCUT2D eigenvalue weighted by Gasteiger charge is 2.13. The van der Waals surface area contributed by atoms with Crippen LogP contribution < -0.4 is 4.74 Å². The molecule has 0 bridgehead atoms. The second-order valence-corrected chi connectivity index (χ2v) is 4.30. The van der Waals surface area contributed by atoms with Gasteiger partial charge in [0.05, 0.1) is 22.6 Å². The van der Waals surface area contributed by atoms with E-state index in [2.05, 4.69) is 0 Å². The highest BCUT2D eigenvalue weighted by Crippen LogP contribution is 2.32. The molecule has 0 saturated heterocycles. The van der Waals surface area contributed by atoms with Gasteiger partial charge >= 0.3 is 0 Å². The molecule has 0 aliphatic carbocycles. The summed E-state index contributed by atoms with van der Waals surface area (Å²) in [6.45, 7) is -0.175. The lowest BCUT2D eigenvalue weighted by Crippen LogP contribution is -1.93. The Morgan fingerprint density at radius 2 is 1.95 bits per heavy atom. The Balaban J connectivity index is 2.28. The van der Waals surface area contributed by atoms with Gasteiger partial charge in [0.1, 0.15) is 5.75 Å². The highest BCUT2D eigenvalue weighted by atomic mass is 35.5. The Labute approximate surface area is 118 Å². The monoisotopic (exact) mass is 297 g/mol. The summed E-state index contributed by atoms with van der Waals surface area (Å²) in [5.74, 6) is -0.840. The predicted octanol–water partition coefficient (Wildman–Crippen LogP) is 3.67. The van der Waals surface area contributed by atoms with E-state index in [9.17, 15) is 14.5 Å². The average Bonchev–Trinajstić information content (AvgIpc) is 2.42. The predicted molar refractivity (Wildman–Crippen MR) is 70.5 cm³/mol. The molecule has 0 aromatic heterocycles. The van der Waals surface area contributed by atoms with E-state index in [0.29, 0.717) is 5.56 Å². The molecule has 2 aromatic rings. The maximum absolute atomic E-state index is 13.7. The third-order valence-corrected chi connectivity index (χ3v) is 2.82. The fourth-order valence-electron chi connectivity index (χ4n) is 1.53. The number of nitrogens with zero attached hydrogens (tertiary/aromatic N) is 1. The summed E-state index contributed by atoms with van der Waals surface area (Å²) in [6.07, 6.45) is 0. The average molecular weight is 298 g/mol. The van der Waals surface area contributed by atoms with Crippen molar-refractivity contribution in [3.63, 3.8) is 0 Å². The van der Waals surface area contributed by atoms with Gasteiger partial charge in [-0.05, 0) is 23.8 Å². The summed E-state index contributed by atoms with van der Waals surface area (Å²) >= 11 is 5.93. The van der Waals surface area contributed by atoms with Crippen LogP contribution >= 0.6 is 11.6 Å². The van der Waals surface area contributed by atoms with Crippen molar-refractivity contribution in [2.24, 2.45) is 0 Å². The summed E-state index contributed by atoms with van der Waals surface area (Å²) in [7, 11) is 0. The van der Waals surface area contributed by atoms with Crippen LogP contribution in [0.3, 0.4) is 0 Å². The molecular weight excluding hydrogens is 289 g/mol. The molecule has 0 amide bonds. The minimum atomic E-state index is -0.860. The van der Waals surface area contributed by atoms with Crippen molar-refractivity contribution in [3.05, 3.63) is 62.9 Å². The standard InChI is InChI=1S/C13H9ClFNO4/c14-10-5-8(7-17)1-3-12(10)20-13-4-2-9(16(18)19)6-11(13)15/h1-6,17H,7H2. The zero-order valence-corrected chi connectivity index (χ0v) is 10.8. The summed E-state index contributed by atoms with van der Waals surface area (Å²) in [4.78, 5) is 9.80. The van der Waals surface area contributed by atoms with Gasteiger partial charge < -0.3 is 9.84 Å². The first-order valence-corrected chi connectivity index (χ1v) is 5.90. The third kappa shape index (κ3) is 3.04. The first kappa shape index (κ1) is 14.2. The van der Waals surface area contributed by atoms with Gasteiger partial charge in [0, 0.05) is 6.07 Å². The summed E-state index contributed by atoms with van der Waals surface area (Å²) in [5.41, 5.74) is 0.225. The molecule has 2 rings (SSSR count). The van der Waals surface area contributed by atoms with Crippen LogP contribution in [0.15, 0.2) is 36.4 Å². The Morgan fingerprint density at radius 3 is 2.50 bits per heavy atom. The van der Waals surface area contributed by atoms with Crippen LogP contribution in [-0.2, 0) is 6.61 Å². The second kappa shape index (κ2) is 5.85. The van der Waals surface area contributed by atoms with Gasteiger partial charge in [0.2, 0.25) is 0 Å². The van der Waals surface area contributed by atoms with E-state index in [-0.39, 0.29) is 28.8 Å². The number of nitro benzene ring substituents is 1. The van der Waals surface area contributed by atoms with Gasteiger partial charge in [-0.1, -0.05) is 17.7 Å². The minimum absolute atomic E-state index is 0.172. The van der Waals surface area contributed by atoms with Crippen molar-refractivity contribution < 1.29 is 19.2 Å². The van der Waals surface area contributed by atoms with Crippen LogP contribution in [0.2, 0.25) is 5.02 Å². The number of non-ortho nitro benzene ring substituents is 1. The quantitative estimate of drug-likeness (QED) is 0.690. The lowest BCUT2D eigenvalue weighted by atomic mass is 10.2. The van der Waals surface area contributed by atoms with Crippen LogP contribution in [0.4, 0.5) is 10.1 Å². The SMILES string of the molecule is O=[N+]([O-])c1ccc(Oc2ccc(CO)cc2Cl)c(F)c1. The van der Waals surface area contributed by atoms with Gasteiger partial charge in [-0.25, -0.2) is 4.39 Å². The van der Waals surface area contributed by atoms with Gasteiger partial charge in [-0.15, -0.1) is 0 Å². The lowest BCUT2D eigenvalue weighted by molar-refractivity contribution is -0.385. The second-order valence-electron chi connectivity index (χ2n) is 3.90. The van der Waals surface area contributed by atoms with Crippen molar-refractivity contribution in [2.75, 3.05) is 0 Å². The Bertz CT molecular complexity index is 663. The van der Waals surface area contributed by atoms with Crippen LogP contribution in [0, 0.1) is 15.9 Å². The molecule has 20 heavy (non-hydrogen) atoms. The Kier molecular flexibility index (Phi) is 4.16. The molecule has 0 spiro atoms. The number of hydrogen-bond donors (Lipinski definition) is 1. The topological polar surface area (TPSA) is 72.6 Å². The molecule has 0 saturated carbocycles. The third-order valence-electron chi connectivity index (χ3n) is 2.53. The van der Waals surface area contributed by atoms with Crippen molar-refractivity contribution in [3.8, 4) is 11.5 Å². The zero-order chi connectivity index (χ0) is 14.7. The van der Waals surface area contributed by atoms with Crippen LogP contribution in [0.5, 0.6) is 11.5 Å². The largest absolute Gasteiger partial charge is 0.453 e. The molecule has 0 fully saturated rings. The van der Waals surface area contributed by atoms with Crippen LogP contribution in [0.1, 0.15) is 5.56 Å². The van der Waals surface area contributed by atoms with Gasteiger partial charge in [-0.2, -0.15) is 0 Å². The number of hydrogen-bond acceptors (Lipinski definition) is 4. The van der Waals surface area contributed by atoms with Gasteiger partial charge in [0.15, 0.2) is 11.6 Å². The molecule has 0 heterocycles. The van der Waals surface area contributed by atoms with Crippen molar-refractivity contribution in [1.29, 1.82) is 0 Å². The molecule has 0 aliphatic heterocycles. The number of aliphatic hydroxyl groups excluding tert-OH is 1. The molecule has 0 radical (unpaired) electrons. The molecule has 0 atom stereocenters. The van der Waals surface area contributed by atoms with E-state index in [0.717, 1.165) is 18.2 Å². The van der Waals surface area contributed by atoms with E-state index in [4.69, 9.17) is 21.4 Å². The van der Waals surface area contributed by atoms with Crippen molar-refractivity contribution in [2.45, 2.75) is 6.61 Å². The fraction of sp³-hybridized carbons (Fsp3) is 0.0769. The lowest BCUT2D eigenvalue weighted by Gasteiger charge is -2.09. The smallest absolute Gasteiger partial charge is 0.272 e. The molecular formula is C13H9ClFNO4. The maximum Gasteiger partial charge on any atom is 0.272 e. The number of benzene rings is 2. The van der Waals surface area contributed by atoms with E-state index in [1.54, 1.807) is 6.07 Å². The maximum atomic E-state index is 13.7. The summed E-state index contributed by atoms with van der Waals surface area (Å²) in [6, 6.07) is 7.60. The van der Waals surface area contributed by atoms with E-state index in [1.165, 1.54) is 12.1 Å². The Morgan fingerprint density at radius 1 is 1.25 bits per heavy atom. The van der Waals surface area contributed by atoms with E-state index in [1.807, 2.05) is 0 Å². The summed E-state index contributed by atoms with van der Waals surface area (Å²) in [5, 5.41) is 19.6. The van der Waals surface area contributed by atoms with Crippen molar-refractivity contribution in [1.82, 2.24) is 0 Å². The first-order chi connectivity index (χ1) is 9.51. The fourth-order valence-corrected chi connectivity index (χ4v) is 1.77. The van der Waals surface area contributed by atoms with Gasteiger partial charge in [-0.3, -0.25) is 10.1 Å². The molecule has 5 nitrogen and oxygen atoms in total. The molecule has 0 aliphatic rings. The highest BCUT2D eigenvalue weighted by molar-refractivity contribution is 6.32. The van der Waals surface area contributed by atoms with Crippen LogP contribution in [-0.4, -0.2) is 10.0 Å².